The van der Waals surface area contributed by atoms with Crippen molar-refractivity contribution in [3.63, 3.8) is 0 Å². The van der Waals surface area contributed by atoms with Gasteiger partial charge in [-0.3, -0.25) is 4.84 Å². The van der Waals surface area contributed by atoms with Gasteiger partial charge < -0.3 is 4.42 Å². The zero-order valence-electron chi connectivity index (χ0n) is 11.0. The second-order valence-corrected chi connectivity index (χ2v) is 6.87. The summed E-state index contributed by atoms with van der Waals surface area (Å²) in [5.74, 6) is 0.592. The first-order valence-corrected chi connectivity index (χ1v) is 7.83. The van der Waals surface area contributed by atoms with Gasteiger partial charge in [0.15, 0.2) is 9.84 Å². The number of hydroxylamine groups is 2. The van der Waals surface area contributed by atoms with Gasteiger partial charge in [-0.05, 0) is 24.3 Å². The summed E-state index contributed by atoms with van der Waals surface area (Å²) in [5.41, 5.74) is 0. The molecular weight excluding hydrogens is 278 g/mol. The molecule has 5 nitrogen and oxygen atoms in total. The Morgan fingerprint density at radius 2 is 1.90 bits per heavy atom. The molecule has 20 heavy (non-hydrogen) atoms. The molecule has 2 aromatic rings. The Morgan fingerprint density at radius 1 is 1.15 bits per heavy atom. The standard InChI is InChI=1S/C14H15NO4S/c1-15-14(12-8-5-9-18-12)13(10-19-15)20(16,17)11-6-3-2-4-7-11/h2-9,13-14H,10H2,1H3/t13-,14+/m0/s1. The first-order chi connectivity index (χ1) is 9.60. The highest BCUT2D eigenvalue weighted by atomic mass is 32.2. The quantitative estimate of drug-likeness (QED) is 0.866. The van der Waals surface area contributed by atoms with Crippen LogP contribution in [0.1, 0.15) is 11.8 Å². The molecule has 0 saturated carbocycles. The lowest BCUT2D eigenvalue weighted by Gasteiger charge is -2.20. The maximum atomic E-state index is 12.7. The Balaban J connectivity index is 2.01. The summed E-state index contributed by atoms with van der Waals surface area (Å²) in [6.45, 7) is 0.124. The van der Waals surface area contributed by atoms with E-state index in [9.17, 15) is 8.42 Å². The number of furan rings is 1. The highest BCUT2D eigenvalue weighted by Gasteiger charge is 2.45. The third-order valence-electron chi connectivity index (χ3n) is 3.49. The number of benzene rings is 1. The Morgan fingerprint density at radius 3 is 2.55 bits per heavy atom. The van der Waals surface area contributed by atoms with Crippen LogP contribution in [-0.4, -0.2) is 32.4 Å². The van der Waals surface area contributed by atoms with E-state index in [0.29, 0.717) is 10.7 Å². The number of hydrogen-bond acceptors (Lipinski definition) is 5. The van der Waals surface area contributed by atoms with Gasteiger partial charge in [-0.1, -0.05) is 18.2 Å². The third-order valence-corrected chi connectivity index (χ3v) is 5.61. The molecule has 0 unspecified atom stereocenters. The smallest absolute Gasteiger partial charge is 0.185 e. The minimum absolute atomic E-state index is 0.124. The average molecular weight is 293 g/mol. The Labute approximate surface area is 117 Å². The molecule has 1 saturated heterocycles. The normalized spacial score (nSPS) is 24.1. The van der Waals surface area contributed by atoms with Crippen molar-refractivity contribution in [1.82, 2.24) is 5.06 Å². The van der Waals surface area contributed by atoms with E-state index in [1.807, 2.05) is 0 Å². The van der Waals surface area contributed by atoms with Crippen molar-refractivity contribution >= 4 is 9.84 Å². The molecule has 2 atom stereocenters. The Hall–Kier alpha value is -1.63. The molecule has 2 heterocycles. The van der Waals surface area contributed by atoms with Gasteiger partial charge in [0.2, 0.25) is 0 Å². The van der Waals surface area contributed by atoms with E-state index < -0.39 is 21.1 Å². The van der Waals surface area contributed by atoms with Crippen LogP contribution in [0.15, 0.2) is 58.0 Å². The van der Waals surface area contributed by atoms with Crippen molar-refractivity contribution in [3.05, 3.63) is 54.5 Å². The molecule has 0 aliphatic carbocycles. The van der Waals surface area contributed by atoms with Crippen molar-refractivity contribution < 1.29 is 17.7 Å². The maximum Gasteiger partial charge on any atom is 0.185 e. The fourth-order valence-electron chi connectivity index (χ4n) is 2.46. The Kier molecular flexibility index (Phi) is 3.37. The molecule has 0 radical (unpaired) electrons. The molecule has 0 N–H and O–H groups in total. The molecule has 0 amide bonds. The predicted octanol–water partition coefficient (Wildman–Crippen LogP) is 2.04. The maximum absolute atomic E-state index is 12.7. The number of sulfone groups is 1. The van der Waals surface area contributed by atoms with Crippen LogP contribution in [0, 0.1) is 0 Å². The molecule has 1 aromatic carbocycles. The number of hydrogen-bond donors (Lipinski definition) is 0. The van der Waals surface area contributed by atoms with Crippen molar-refractivity contribution in [1.29, 1.82) is 0 Å². The zero-order chi connectivity index (χ0) is 14.2. The summed E-state index contributed by atoms with van der Waals surface area (Å²) < 4.78 is 30.8. The van der Waals surface area contributed by atoms with Gasteiger partial charge in [0.05, 0.1) is 17.8 Å². The van der Waals surface area contributed by atoms with Crippen LogP contribution in [0.3, 0.4) is 0 Å². The van der Waals surface area contributed by atoms with Gasteiger partial charge in [0.1, 0.15) is 17.1 Å². The van der Waals surface area contributed by atoms with E-state index in [0.717, 1.165) is 0 Å². The van der Waals surface area contributed by atoms with Crippen LogP contribution in [0.4, 0.5) is 0 Å². The van der Waals surface area contributed by atoms with Crippen LogP contribution in [0.5, 0.6) is 0 Å². The summed E-state index contributed by atoms with van der Waals surface area (Å²) in [6, 6.07) is 11.5. The lowest BCUT2D eigenvalue weighted by atomic mass is 10.2. The largest absolute Gasteiger partial charge is 0.468 e. The molecule has 106 valence electrons. The van der Waals surface area contributed by atoms with E-state index in [2.05, 4.69) is 0 Å². The molecule has 0 bridgehead atoms. The number of rotatable bonds is 3. The molecule has 1 aliphatic heterocycles. The molecular formula is C14H15NO4S. The highest BCUT2D eigenvalue weighted by Crippen LogP contribution is 2.36. The van der Waals surface area contributed by atoms with Gasteiger partial charge in [-0.15, -0.1) is 0 Å². The van der Waals surface area contributed by atoms with E-state index in [-0.39, 0.29) is 6.61 Å². The molecule has 6 heteroatoms. The van der Waals surface area contributed by atoms with Gasteiger partial charge in [0.25, 0.3) is 0 Å². The molecule has 1 aliphatic rings. The fraction of sp³-hybridized carbons (Fsp3) is 0.286. The average Bonchev–Trinajstić information content (AvgIpc) is 3.08. The topological polar surface area (TPSA) is 59.8 Å². The first-order valence-electron chi connectivity index (χ1n) is 6.29. The van der Waals surface area contributed by atoms with Gasteiger partial charge in [-0.2, -0.15) is 5.06 Å². The van der Waals surface area contributed by atoms with Crippen molar-refractivity contribution in [2.24, 2.45) is 0 Å². The van der Waals surface area contributed by atoms with Crippen LogP contribution in [0.2, 0.25) is 0 Å². The second kappa shape index (κ2) is 5.05. The molecule has 1 fully saturated rings. The SMILES string of the molecule is CN1OC[C@H](S(=O)(=O)c2ccccc2)[C@H]1c1ccco1. The van der Waals surface area contributed by atoms with E-state index in [4.69, 9.17) is 9.25 Å². The lowest BCUT2D eigenvalue weighted by Crippen LogP contribution is -2.30. The van der Waals surface area contributed by atoms with Crippen molar-refractivity contribution in [2.75, 3.05) is 13.7 Å². The van der Waals surface area contributed by atoms with Gasteiger partial charge >= 0.3 is 0 Å². The lowest BCUT2D eigenvalue weighted by molar-refractivity contribution is -0.113. The summed E-state index contributed by atoms with van der Waals surface area (Å²) in [5, 5.41) is 0.866. The molecule has 1 aromatic heterocycles. The fourth-order valence-corrected chi connectivity index (χ4v) is 4.23. The minimum Gasteiger partial charge on any atom is -0.468 e. The molecule has 0 spiro atoms. The van der Waals surface area contributed by atoms with Gasteiger partial charge in [-0.25, -0.2) is 8.42 Å². The van der Waals surface area contributed by atoms with Crippen molar-refractivity contribution in [2.45, 2.75) is 16.2 Å². The van der Waals surface area contributed by atoms with Crippen LogP contribution < -0.4 is 0 Å². The first kappa shape index (κ1) is 13.4. The van der Waals surface area contributed by atoms with Crippen LogP contribution in [0.25, 0.3) is 0 Å². The van der Waals surface area contributed by atoms with Crippen molar-refractivity contribution in [3.8, 4) is 0 Å². The highest BCUT2D eigenvalue weighted by molar-refractivity contribution is 7.92. The zero-order valence-corrected chi connectivity index (χ0v) is 11.8. The predicted molar refractivity (Wildman–Crippen MR) is 72.6 cm³/mol. The Bertz CT molecular complexity index is 666. The minimum atomic E-state index is -3.47. The van der Waals surface area contributed by atoms with E-state index in [1.165, 1.54) is 6.26 Å². The summed E-state index contributed by atoms with van der Waals surface area (Å²) in [6.07, 6.45) is 1.54. The monoisotopic (exact) mass is 293 g/mol. The number of nitrogens with zero attached hydrogens (tertiary/aromatic N) is 1. The summed E-state index contributed by atoms with van der Waals surface area (Å²) in [7, 11) is -1.76. The second-order valence-electron chi connectivity index (χ2n) is 4.70. The van der Waals surface area contributed by atoms with Gasteiger partial charge in [0, 0.05) is 7.05 Å². The summed E-state index contributed by atoms with van der Waals surface area (Å²) >= 11 is 0. The molecule has 3 rings (SSSR count). The van der Waals surface area contributed by atoms with Crippen LogP contribution >= 0.6 is 0 Å². The van der Waals surface area contributed by atoms with E-state index in [1.54, 1.807) is 54.6 Å². The summed E-state index contributed by atoms with van der Waals surface area (Å²) in [4.78, 5) is 5.71. The van der Waals surface area contributed by atoms with Crippen LogP contribution in [-0.2, 0) is 14.7 Å². The third kappa shape index (κ3) is 2.15. The van der Waals surface area contributed by atoms with E-state index >= 15 is 0 Å².